The second kappa shape index (κ2) is 11.4. The fourth-order valence-electron chi connectivity index (χ4n) is 5.89. The van der Waals surface area contributed by atoms with Crippen LogP contribution in [0.25, 0.3) is 10.9 Å². The van der Waals surface area contributed by atoms with Crippen molar-refractivity contribution in [2.45, 2.75) is 70.0 Å². The first-order valence-corrected chi connectivity index (χ1v) is 13.7. The van der Waals surface area contributed by atoms with Crippen molar-refractivity contribution in [1.82, 2.24) is 25.0 Å². The zero-order chi connectivity index (χ0) is 26.7. The Kier molecular flexibility index (Phi) is 8.02. The molecule has 3 aromatic rings. The van der Waals surface area contributed by atoms with E-state index in [2.05, 4.69) is 20.3 Å². The van der Waals surface area contributed by atoms with Crippen molar-refractivity contribution < 1.29 is 18.0 Å². The van der Waals surface area contributed by atoms with Crippen LogP contribution in [-0.4, -0.2) is 57.4 Å². The lowest BCUT2D eigenvalue weighted by atomic mass is 9.84. The lowest BCUT2D eigenvalue weighted by molar-refractivity contribution is -0.134. The quantitative estimate of drug-likeness (QED) is 0.456. The normalized spacial score (nSPS) is 20.7. The number of fused-ring (bicyclic) bond motifs is 2. The maximum atomic E-state index is 13.0. The molecule has 6 nitrogen and oxygen atoms in total. The second-order valence-corrected chi connectivity index (χ2v) is 10.9. The minimum absolute atomic E-state index is 0.0219. The highest BCUT2D eigenvalue weighted by Crippen LogP contribution is 2.28. The highest BCUT2D eigenvalue weighted by molar-refractivity contribution is 6.06. The van der Waals surface area contributed by atoms with E-state index in [4.69, 9.17) is 0 Å². The smallest absolute Gasteiger partial charge is 0.349 e. The summed E-state index contributed by atoms with van der Waals surface area (Å²) in [5.41, 5.74) is 4.18. The van der Waals surface area contributed by atoms with Crippen molar-refractivity contribution in [2.75, 3.05) is 19.6 Å². The number of carbonyl (C=O) groups excluding carboxylic acids is 1. The van der Waals surface area contributed by atoms with Crippen LogP contribution in [0.2, 0.25) is 0 Å². The molecule has 1 aliphatic carbocycles. The van der Waals surface area contributed by atoms with Crippen molar-refractivity contribution in [2.24, 2.45) is 13.0 Å². The van der Waals surface area contributed by atoms with Gasteiger partial charge in [-0.1, -0.05) is 12.1 Å². The largest absolute Gasteiger partial charge is 0.389 e. The number of rotatable bonds is 7. The van der Waals surface area contributed by atoms with E-state index in [9.17, 15) is 18.0 Å². The van der Waals surface area contributed by atoms with Gasteiger partial charge in [0.2, 0.25) is 0 Å². The molecule has 1 aliphatic heterocycles. The minimum atomic E-state index is -4.15. The van der Waals surface area contributed by atoms with E-state index in [0.29, 0.717) is 17.2 Å². The van der Waals surface area contributed by atoms with Gasteiger partial charge in [0.15, 0.2) is 0 Å². The third-order valence-corrected chi connectivity index (χ3v) is 8.10. The van der Waals surface area contributed by atoms with Gasteiger partial charge in [0.25, 0.3) is 5.91 Å². The Morgan fingerprint density at radius 2 is 1.87 bits per heavy atom. The first kappa shape index (κ1) is 26.7. The number of hydrogen-bond acceptors (Lipinski definition) is 4. The molecule has 0 radical (unpaired) electrons. The Labute approximate surface area is 221 Å². The van der Waals surface area contributed by atoms with Gasteiger partial charge in [-0.2, -0.15) is 18.3 Å². The molecule has 38 heavy (non-hydrogen) atoms. The highest BCUT2D eigenvalue weighted by Gasteiger charge is 2.27. The first-order chi connectivity index (χ1) is 18.2. The summed E-state index contributed by atoms with van der Waals surface area (Å²) < 4.78 is 39.5. The van der Waals surface area contributed by atoms with Gasteiger partial charge in [0, 0.05) is 62.0 Å². The molecule has 0 spiro atoms. The first-order valence-electron chi connectivity index (χ1n) is 13.7. The average Bonchev–Trinajstić information content (AvgIpc) is 3.16. The predicted molar refractivity (Wildman–Crippen MR) is 141 cm³/mol. The van der Waals surface area contributed by atoms with Crippen LogP contribution in [0.3, 0.4) is 0 Å². The molecule has 204 valence electrons. The summed E-state index contributed by atoms with van der Waals surface area (Å²) in [6.45, 7) is 2.88. The summed E-state index contributed by atoms with van der Waals surface area (Å²) in [6.07, 6.45) is 3.90. The number of halogens is 3. The number of aromatic nitrogens is 3. The van der Waals surface area contributed by atoms with E-state index in [0.717, 1.165) is 81.2 Å². The van der Waals surface area contributed by atoms with Crippen molar-refractivity contribution in [3.63, 3.8) is 0 Å². The van der Waals surface area contributed by atoms with Crippen LogP contribution in [0.4, 0.5) is 13.2 Å². The topological polar surface area (TPSA) is 63.1 Å². The van der Waals surface area contributed by atoms with Crippen LogP contribution in [-0.2, 0) is 26.3 Å². The van der Waals surface area contributed by atoms with Gasteiger partial charge in [-0.05, 0) is 81.2 Å². The van der Waals surface area contributed by atoms with Gasteiger partial charge in [0.05, 0.1) is 11.1 Å². The summed E-state index contributed by atoms with van der Waals surface area (Å²) in [7, 11) is 1.86. The molecule has 3 heterocycles. The van der Waals surface area contributed by atoms with E-state index in [-0.39, 0.29) is 18.4 Å². The molecule has 1 saturated carbocycles. The Bertz CT molecular complexity index is 1260. The van der Waals surface area contributed by atoms with E-state index in [1.165, 1.54) is 5.56 Å². The van der Waals surface area contributed by atoms with Gasteiger partial charge in [-0.25, -0.2) is 0 Å². The van der Waals surface area contributed by atoms with E-state index < -0.39 is 12.6 Å². The van der Waals surface area contributed by atoms with Crippen molar-refractivity contribution in [3.05, 3.63) is 59.0 Å². The van der Waals surface area contributed by atoms with Crippen molar-refractivity contribution in [3.8, 4) is 0 Å². The molecule has 2 aromatic heterocycles. The zero-order valence-electron chi connectivity index (χ0n) is 21.9. The Balaban J connectivity index is 1.06. The number of benzene rings is 1. The van der Waals surface area contributed by atoms with Gasteiger partial charge >= 0.3 is 6.18 Å². The molecule has 1 N–H and O–H groups in total. The summed E-state index contributed by atoms with van der Waals surface area (Å²) in [5.74, 6) is 0.633. The number of nitrogens with one attached hydrogen (secondary N) is 1. The van der Waals surface area contributed by atoms with Gasteiger partial charge in [-0.15, -0.1) is 0 Å². The number of pyridine rings is 1. The van der Waals surface area contributed by atoms with Gasteiger partial charge < -0.3 is 10.2 Å². The Morgan fingerprint density at radius 3 is 2.66 bits per heavy atom. The molecule has 9 heteroatoms. The number of alkyl halides is 3. The summed E-state index contributed by atoms with van der Waals surface area (Å²) >= 11 is 0. The van der Waals surface area contributed by atoms with Crippen LogP contribution in [0, 0.1) is 5.92 Å². The van der Waals surface area contributed by atoms with E-state index in [1.54, 1.807) is 10.7 Å². The number of hydrogen-bond donors (Lipinski definition) is 1. The van der Waals surface area contributed by atoms with Crippen molar-refractivity contribution >= 4 is 16.8 Å². The Hall–Kier alpha value is -2.94. The summed E-state index contributed by atoms with van der Waals surface area (Å²) in [6, 6.07) is 9.61. The third-order valence-electron chi connectivity index (χ3n) is 8.10. The van der Waals surface area contributed by atoms with E-state index in [1.807, 2.05) is 37.5 Å². The molecule has 5 rings (SSSR count). The maximum Gasteiger partial charge on any atom is 0.389 e. The molecular formula is C29H36F3N5O. The highest BCUT2D eigenvalue weighted by atomic mass is 19.4. The second-order valence-electron chi connectivity index (χ2n) is 10.9. The average molecular weight is 528 g/mol. The monoisotopic (exact) mass is 527 g/mol. The molecule has 1 aromatic carbocycles. The number of nitrogens with zero attached hydrogens (tertiary/aromatic N) is 4. The summed E-state index contributed by atoms with van der Waals surface area (Å²) in [4.78, 5) is 20.0. The van der Waals surface area contributed by atoms with Crippen LogP contribution < -0.4 is 5.32 Å². The van der Waals surface area contributed by atoms with Crippen LogP contribution >= 0.6 is 0 Å². The number of carbonyl (C=O) groups is 1. The SMILES string of the molecule is Cn1cc2c(C(=O)N[C@H]3CC[C@H](CCN4CCc5ccc(CCC(F)(F)F)nc5CC4)CC3)cccc2n1. The number of amides is 1. The van der Waals surface area contributed by atoms with Crippen LogP contribution in [0.5, 0.6) is 0 Å². The Morgan fingerprint density at radius 1 is 1.08 bits per heavy atom. The fourth-order valence-corrected chi connectivity index (χ4v) is 5.89. The minimum Gasteiger partial charge on any atom is -0.349 e. The third kappa shape index (κ3) is 6.73. The molecule has 1 amide bonds. The summed E-state index contributed by atoms with van der Waals surface area (Å²) in [5, 5.41) is 8.53. The fraction of sp³-hybridized carbons (Fsp3) is 0.552. The van der Waals surface area contributed by atoms with Crippen LogP contribution in [0.1, 0.15) is 65.8 Å². The molecule has 0 bridgehead atoms. The van der Waals surface area contributed by atoms with Gasteiger partial charge in [-0.3, -0.25) is 14.5 Å². The number of aryl methyl sites for hydroxylation is 2. The molecule has 2 aliphatic rings. The van der Waals surface area contributed by atoms with Gasteiger partial charge in [0.1, 0.15) is 0 Å². The standard InChI is InChI=1S/C29H36F3N5O/c1-36-19-25-24(3-2-4-27(25)35-36)28(38)34-22-8-5-20(6-9-22)12-16-37-17-13-21-7-10-23(11-15-29(30,31)32)33-26(21)14-18-37/h2-4,7,10,19-20,22H,5-6,8-9,11-18H2,1H3,(H,34,38)/t20-,22-. The molecule has 0 saturated heterocycles. The van der Waals surface area contributed by atoms with Crippen molar-refractivity contribution in [1.29, 1.82) is 0 Å². The lowest BCUT2D eigenvalue weighted by Gasteiger charge is -2.30. The molecule has 0 atom stereocenters. The van der Waals surface area contributed by atoms with E-state index >= 15 is 0 Å². The maximum absolute atomic E-state index is 13.0. The molecule has 1 fully saturated rings. The van der Waals surface area contributed by atoms with Crippen LogP contribution in [0.15, 0.2) is 36.5 Å². The zero-order valence-corrected chi connectivity index (χ0v) is 21.9. The molecular weight excluding hydrogens is 491 g/mol. The molecule has 0 unspecified atom stereocenters. The lowest BCUT2D eigenvalue weighted by Crippen LogP contribution is -2.38. The predicted octanol–water partition coefficient (Wildman–Crippen LogP) is 5.24.